The monoisotopic (exact) mass is 1160 g/mol. The molecule has 83 heavy (non-hydrogen) atoms. The fourth-order valence-corrected chi connectivity index (χ4v) is 8.39. The minimum Gasteiger partial charge on any atom is -0.462 e. The highest BCUT2D eigenvalue weighted by Gasteiger charge is 2.57. The first-order chi connectivity index (χ1) is 37.5. The summed E-state index contributed by atoms with van der Waals surface area (Å²) < 4.78 is 57.4. The van der Waals surface area contributed by atoms with Crippen LogP contribution in [-0.4, -0.2) is 97.2 Å². The van der Waals surface area contributed by atoms with Crippen molar-refractivity contribution in [1.29, 1.82) is 0 Å². The Bertz CT molecular complexity index is 2660. The molecule has 2 heterocycles. The molecule has 0 N–H and O–H groups in total. The van der Waals surface area contributed by atoms with E-state index < -0.39 is 141 Å². The van der Waals surface area contributed by atoms with Crippen molar-refractivity contribution in [2.75, 3.05) is 6.61 Å². The summed E-state index contributed by atoms with van der Waals surface area (Å²) in [7, 11) is 0. The van der Waals surface area contributed by atoms with Gasteiger partial charge in [-0.05, 0) is 198 Å². The molecule has 10 atom stereocenters. The second-order valence-electron chi connectivity index (χ2n) is 31.0. The quantitative estimate of drug-likeness (QED) is 0.0980. The minimum absolute atomic E-state index is 0.142. The second-order valence-corrected chi connectivity index (χ2v) is 31.0. The number of esters is 7. The highest BCUT2D eigenvalue weighted by molar-refractivity contribution is 5.80. The molecule has 0 aliphatic carbocycles. The predicted octanol–water partition coefficient (Wildman–Crippen LogP) is 13.2. The average Bonchev–Trinajstić information content (AvgIpc) is 3.02. The van der Waals surface area contributed by atoms with Gasteiger partial charge in [-0.2, -0.15) is 0 Å². The van der Waals surface area contributed by atoms with Crippen LogP contribution in [0.3, 0.4) is 0 Å². The van der Waals surface area contributed by atoms with E-state index in [4.69, 9.17) is 42.6 Å². The standard InChI is InChI=1S/C67H100O16/c1-38-36-40(30-33-42(38)46-50(81-57(72)65(17,18)19)52(83-59(74)67(23,24)25)48(79-55(70)63(11,12)13)44(77-46)37-75-53(68)61(5,6)7)27-26-39-28-31-41(32-29-39)45-49(80-56(71)64(14,15)16)51(82-58(73)66(20,21)22)47(78-54(69)62(8,9)10)43(76-45)34-35-60(2,3)4/h26-33,36,43-52H,34-35,37H2,1-25H3/t43-,44-,45-,46-,47-,48-,49-,50-,51-,52+/m1/s1. The Hall–Kier alpha value is -5.61. The molecule has 2 fully saturated rings. The maximum absolute atomic E-state index is 14.0. The molecule has 0 amide bonds. The van der Waals surface area contributed by atoms with Crippen molar-refractivity contribution >= 4 is 53.9 Å². The molecule has 0 bridgehead atoms. The molecule has 0 unspecified atom stereocenters. The van der Waals surface area contributed by atoms with Crippen LogP contribution in [-0.2, 0) is 76.2 Å². The SMILES string of the molecule is Cc1cc(C=Cc2ccc([C@H]3O[C@H](CCC(C)(C)C)[C@@H](OC(=O)C(C)(C)C)[C@@H](OC(=O)C(C)(C)C)[C@@H]3OC(=O)C(C)(C)C)cc2)ccc1[C@H]1O[C@H](COC(=O)C(C)(C)C)[C@@H](OC(=O)C(C)(C)C)[C@H](OC(=O)C(C)(C)C)[C@@H]1OC(=O)C(C)(C)C. The van der Waals surface area contributed by atoms with Gasteiger partial charge in [-0.1, -0.05) is 75.4 Å². The Kier molecular flexibility index (Phi) is 21.8. The molecule has 2 aliphatic heterocycles. The van der Waals surface area contributed by atoms with Crippen LogP contribution in [0.25, 0.3) is 12.2 Å². The summed E-state index contributed by atoms with van der Waals surface area (Å²) in [6.07, 6.45) is -6.78. The van der Waals surface area contributed by atoms with Crippen LogP contribution in [0.5, 0.6) is 0 Å². The summed E-state index contributed by atoms with van der Waals surface area (Å²) in [6.45, 7) is 43.6. The Balaban J connectivity index is 1.85. The number of carbonyl (C=O) groups excluding carboxylic acids is 7. The van der Waals surface area contributed by atoms with E-state index in [1.54, 1.807) is 145 Å². The Labute approximate surface area is 495 Å². The van der Waals surface area contributed by atoms with Gasteiger partial charge in [-0.25, -0.2) is 0 Å². The van der Waals surface area contributed by atoms with E-state index in [-0.39, 0.29) is 12.0 Å². The van der Waals surface area contributed by atoms with E-state index in [1.165, 1.54) is 0 Å². The predicted molar refractivity (Wildman–Crippen MR) is 317 cm³/mol. The topological polar surface area (TPSA) is 203 Å². The Morgan fingerprint density at radius 1 is 0.398 bits per heavy atom. The zero-order chi connectivity index (χ0) is 63.6. The van der Waals surface area contributed by atoms with Crippen molar-refractivity contribution in [3.63, 3.8) is 0 Å². The summed E-state index contributed by atoms with van der Waals surface area (Å²) in [5.74, 6) is -4.11. The van der Waals surface area contributed by atoms with Crippen LogP contribution in [0.2, 0.25) is 0 Å². The number of hydrogen-bond donors (Lipinski definition) is 0. The van der Waals surface area contributed by atoms with Gasteiger partial charge in [0.25, 0.3) is 0 Å². The number of aryl methyl sites for hydroxylation is 1. The third-order valence-electron chi connectivity index (χ3n) is 13.9. The largest absolute Gasteiger partial charge is 0.462 e. The highest BCUT2D eigenvalue weighted by Crippen LogP contribution is 2.44. The third-order valence-corrected chi connectivity index (χ3v) is 13.9. The van der Waals surface area contributed by atoms with Gasteiger partial charge in [0.1, 0.15) is 24.9 Å². The molecule has 2 saturated heterocycles. The number of rotatable bonds is 14. The van der Waals surface area contributed by atoms with Crippen LogP contribution in [0.15, 0.2) is 42.5 Å². The lowest BCUT2D eigenvalue weighted by molar-refractivity contribution is -0.262. The van der Waals surface area contributed by atoms with Crippen LogP contribution in [0.1, 0.15) is 219 Å². The summed E-state index contributed by atoms with van der Waals surface area (Å²) in [5.41, 5.74) is -3.47. The van der Waals surface area contributed by atoms with E-state index in [2.05, 4.69) is 20.8 Å². The number of benzene rings is 2. The van der Waals surface area contributed by atoms with Crippen LogP contribution < -0.4 is 0 Å². The Morgan fingerprint density at radius 3 is 1.10 bits per heavy atom. The van der Waals surface area contributed by atoms with Gasteiger partial charge in [-0.15, -0.1) is 0 Å². The molecule has 0 saturated carbocycles. The zero-order valence-electron chi connectivity index (χ0n) is 54.6. The van der Waals surface area contributed by atoms with E-state index in [0.717, 1.165) is 11.1 Å². The lowest BCUT2D eigenvalue weighted by atomic mass is 9.83. The molecule has 16 nitrogen and oxygen atoms in total. The van der Waals surface area contributed by atoms with E-state index >= 15 is 0 Å². The molecule has 464 valence electrons. The molecule has 0 aromatic heterocycles. The lowest BCUT2D eigenvalue weighted by Crippen LogP contribution is -2.61. The molecule has 2 aliphatic rings. The first-order valence-electron chi connectivity index (χ1n) is 29.1. The fourth-order valence-electron chi connectivity index (χ4n) is 8.39. The van der Waals surface area contributed by atoms with Crippen molar-refractivity contribution in [3.05, 3.63) is 70.3 Å². The zero-order valence-corrected chi connectivity index (χ0v) is 54.6. The number of carbonyl (C=O) groups is 7. The van der Waals surface area contributed by atoms with Crippen molar-refractivity contribution in [2.45, 2.75) is 247 Å². The first kappa shape index (κ1) is 69.9. The molecule has 4 rings (SSSR count). The molecule has 16 heteroatoms. The van der Waals surface area contributed by atoms with E-state index in [0.29, 0.717) is 29.5 Å². The molecular weight excluding hydrogens is 1060 g/mol. The summed E-state index contributed by atoms with van der Waals surface area (Å²) in [4.78, 5) is 96.5. The van der Waals surface area contributed by atoms with Crippen molar-refractivity contribution in [1.82, 2.24) is 0 Å². The molecule has 0 radical (unpaired) electrons. The fraction of sp³-hybridized carbons (Fsp3) is 0.687. The Morgan fingerprint density at radius 2 is 0.723 bits per heavy atom. The smallest absolute Gasteiger partial charge is 0.311 e. The normalized spacial score (nSPS) is 24.1. The van der Waals surface area contributed by atoms with Gasteiger partial charge < -0.3 is 42.6 Å². The van der Waals surface area contributed by atoms with Crippen molar-refractivity contribution in [3.8, 4) is 0 Å². The lowest BCUT2D eigenvalue weighted by Gasteiger charge is -2.47. The van der Waals surface area contributed by atoms with Crippen molar-refractivity contribution < 1.29 is 76.2 Å². The van der Waals surface area contributed by atoms with Gasteiger partial charge in [0.05, 0.1) is 44.0 Å². The first-order valence-corrected chi connectivity index (χ1v) is 29.1. The third kappa shape index (κ3) is 19.5. The molecule has 2 aromatic rings. The molecule has 0 spiro atoms. The van der Waals surface area contributed by atoms with Gasteiger partial charge >= 0.3 is 41.8 Å². The van der Waals surface area contributed by atoms with E-state index in [1.807, 2.05) is 61.5 Å². The summed E-state index contributed by atoms with van der Waals surface area (Å²) in [6, 6.07) is 13.1. The van der Waals surface area contributed by atoms with Gasteiger partial charge in [0.2, 0.25) is 0 Å². The second kappa shape index (κ2) is 25.9. The van der Waals surface area contributed by atoms with Gasteiger partial charge in [0, 0.05) is 0 Å². The van der Waals surface area contributed by atoms with Crippen LogP contribution in [0.4, 0.5) is 0 Å². The van der Waals surface area contributed by atoms with E-state index in [9.17, 15) is 33.6 Å². The highest BCUT2D eigenvalue weighted by atomic mass is 16.7. The molecule has 2 aromatic carbocycles. The van der Waals surface area contributed by atoms with Crippen molar-refractivity contribution in [2.24, 2.45) is 43.3 Å². The number of hydrogen-bond acceptors (Lipinski definition) is 16. The number of ether oxygens (including phenoxy) is 9. The summed E-state index contributed by atoms with van der Waals surface area (Å²) in [5, 5.41) is 0. The minimum atomic E-state index is -1.41. The van der Waals surface area contributed by atoms with Gasteiger partial charge in [0.15, 0.2) is 36.6 Å². The maximum Gasteiger partial charge on any atom is 0.311 e. The maximum atomic E-state index is 14.0. The molecular formula is C67H100O16. The van der Waals surface area contributed by atoms with Gasteiger partial charge in [-0.3, -0.25) is 33.6 Å². The average molecular weight is 1160 g/mol. The van der Waals surface area contributed by atoms with Crippen LogP contribution >= 0.6 is 0 Å². The summed E-state index contributed by atoms with van der Waals surface area (Å²) >= 11 is 0. The van der Waals surface area contributed by atoms with Crippen LogP contribution in [0, 0.1) is 50.2 Å².